The number of halogens is 1. The molecule has 1 aliphatic carbocycles. The average molecular weight is 376 g/mol. The van der Waals surface area contributed by atoms with E-state index in [1.165, 1.54) is 36.9 Å². The van der Waals surface area contributed by atoms with Crippen molar-refractivity contribution in [2.24, 2.45) is 0 Å². The molecule has 2 aliphatic rings. The lowest BCUT2D eigenvalue weighted by Crippen LogP contribution is -2.47. The van der Waals surface area contributed by atoms with Crippen LogP contribution in [0.15, 0.2) is 35.9 Å². The Hall–Kier alpha value is -1.52. The van der Waals surface area contributed by atoms with Gasteiger partial charge in [-0.05, 0) is 50.3 Å². The first kappa shape index (κ1) is 19.2. The largest absolute Gasteiger partial charge is 0.369 e. The van der Waals surface area contributed by atoms with Crippen LogP contribution < -0.4 is 10.2 Å². The predicted octanol–water partition coefficient (Wildman–Crippen LogP) is 3.86. The van der Waals surface area contributed by atoms with E-state index in [-0.39, 0.29) is 5.91 Å². The maximum atomic E-state index is 12.1. The van der Waals surface area contributed by atoms with Crippen molar-refractivity contribution < 1.29 is 4.79 Å². The van der Waals surface area contributed by atoms with E-state index in [9.17, 15) is 4.79 Å². The molecule has 0 aromatic heterocycles. The Morgan fingerprint density at radius 2 is 2.00 bits per heavy atom. The summed E-state index contributed by atoms with van der Waals surface area (Å²) in [7, 11) is 0. The highest BCUT2D eigenvalue weighted by molar-refractivity contribution is 6.30. The molecule has 142 valence electrons. The second-order valence-electron chi connectivity index (χ2n) is 7.27. The van der Waals surface area contributed by atoms with Crippen LogP contribution in [-0.4, -0.2) is 50.1 Å². The van der Waals surface area contributed by atoms with Gasteiger partial charge >= 0.3 is 0 Å². The minimum absolute atomic E-state index is 0.179. The van der Waals surface area contributed by atoms with Gasteiger partial charge in [0.05, 0.1) is 0 Å². The second kappa shape index (κ2) is 9.98. The molecule has 0 bridgehead atoms. The predicted molar refractivity (Wildman–Crippen MR) is 109 cm³/mol. The summed E-state index contributed by atoms with van der Waals surface area (Å²) in [6.07, 6.45) is 9.02. The number of nitrogens with zero attached hydrogens (tertiary/aromatic N) is 2. The van der Waals surface area contributed by atoms with Crippen LogP contribution in [0.5, 0.6) is 0 Å². The van der Waals surface area contributed by atoms with Gasteiger partial charge in [0.2, 0.25) is 5.91 Å². The van der Waals surface area contributed by atoms with E-state index < -0.39 is 0 Å². The number of carbonyl (C=O) groups excluding carboxylic acids is 1. The molecule has 0 spiro atoms. The van der Waals surface area contributed by atoms with E-state index >= 15 is 0 Å². The molecule has 0 atom stereocenters. The highest BCUT2D eigenvalue weighted by Crippen LogP contribution is 2.21. The number of amides is 1. The molecular formula is C21H30ClN3O. The summed E-state index contributed by atoms with van der Waals surface area (Å²) >= 11 is 6.08. The van der Waals surface area contributed by atoms with E-state index in [1.54, 1.807) is 0 Å². The molecule has 1 N–H and O–H groups in total. The van der Waals surface area contributed by atoms with Crippen molar-refractivity contribution in [1.82, 2.24) is 10.2 Å². The van der Waals surface area contributed by atoms with Crippen molar-refractivity contribution in [3.63, 3.8) is 0 Å². The van der Waals surface area contributed by atoms with Gasteiger partial charge in [-0.1, -0.05) is 29.3 Å². The number of nitrogens with one attached hydrogen (secondary N) is 1. The molecule has 26 heavy (non-hydrogen) atoms. The van der Waals surface area contributed by atoms with Crippen molar-refractivity contribution in [1.29, 1.82) is 0 Å². The van der Waals surface area contributed by atoms with E-state index in [4.69, 9.17) is 11.6 Å². The SMILES string of the molecule is O=C(CCN1CCN(c2cccc(Cl)c2)CC1)NCCC1=CCCCC1. The Morgan fingerprint density at radius 3 is 2.73 bits per heavy atom. The number of piperazine rings is 1. The molecule has 4 nitrogen and oxygen atoms in total. The molecule has 5 heteroatoms. The van der Waals surface area contributed by atoms with Gasteiger partial charge < -0.3 is 10.2 Å². The third-order valence-electron chi connectivity index (χ3n) is 5.35. The van der Waals surface area contributed by atoms with Crippen molar-refractivity contribution >= 4 is 23.2 Å². The highest BCUT2D eigenvalue weighted by atomic mass is 35.5. The van der Waals surface area contributed by atoms with Crippen LogP contribution in [0.4, 0.5) is 5.69 Å². The van der Waals surface area contributed by atoms with Crippen LogP contribution in [0.25, 0.3) is 0 Å². The third kappa shape index (κ3) is 6.03. The first-order valence-electron chi connectivity index (χ1n) is 9.88. The number of carbonyl (C=O) groups is 1. The summed E-state index contributed by atoms with van der Waals surface area (Å²) < 4.78 is 0. The number of rotatable bonds is 7. The molecule has 0 saturated carbocycles. The Bertz CT molecular complexity index is 623. The monoisotopic (exact) mass is 375 g/mol. The lowest BCUT2D eigenvalue weighted by Gasteiger charge is -2.36. The molecule has 1 saturated heterocycles. The third-order valence-corrected chi connectivity index (χ3v) is 5.59. The molecular weight excluding hydrogens is 346 g/mol. The van der Waals surface area contributed by atoms with Crippen molar-refractivity contribution in [3.05, 3.63) is 40.9 Å². The van der Waals surface area contributed by atoms with E-state index in [0.717, 1.165) is 50.7 Å². The molecule has 1 heterocycles. The van der Waals surface area contributed by atoms with Crippen LogP contribution in [-0.2, 0) is 4.79 Å². The Kier molecular flexibility index (Phi) is 7.39. The zero-order chi connectivity index (χ0) is 18.2. The summed E-state index contributed by atoms with van der Waals surface area (Å²) in [5.74, 6) is 0.179. The number of anilines is 1. The van der Waals surface area contributed by atoms with Crippen LogP contribution in [0.1, 0.15) is 38.5 Å². The van der Waals surface area contributed by atoms with Gasteiger partial charge in [0.1, 0.15) is 0 Å². The number of hydrogen-bond acceptors (Lipinski definition) is 3. The second-order valence-corrected chi connectivity index (χ2v) is 7.70. The first-order valence-corrected chi connectivity index (χ1v) is 10.3. The summed E-state index contributed by atoms with van der Waals surface area (Å²) in [5, 5.41) is 3.86. The molecule has 1 aromatic carbocycles. The fourth-order valence-corrected chi connectivity index (χ4v) is 3.93. The van der Waals surface area contributed by atoms with Gasteiger partial charge in [0, 0.05) is 56.4 Å². The van der Waals surface area contributed by atoms with Crippen LogP contribution in [0.2, 0.25) is 5.02 Å². The minimum atomic E-state index is 0.179. The zero-order valence-electron chi connectivity index (χ0n) is 15.6. The maximum Gasteiger partial charge on any atom is 0.221 e. The summed E-state index contributed by atoms with van der Waals surface area (Å²) in [6, 6.07) is 8.03. The smallest absolute Gasteiger partial charge is 0.221 e. The number of hydrogen-bond donors (Lipinski definition) is 1. The molecule has 0 unspecified atom stereocenters. The molecule has 1 fully saturated rings. The molecule has 0 radical (unpaired) electrons. The average Bonchev–Trinajstić information content (AvgIpc) is 2.68. The quantitative estimate of drug-likeness (QED) is 0.735. The highest BCUT2D eigenvalue weighted by Gasteiger charge is 2.18. The van der Waals surface area contributed by atoms with Crippen molar-refractivity contribution in [2.75, 3.05) is 44.2 Å². The minimum Gasteiger partial charge on any atom is -0.369 e. The number of benzene rings is 1. The first-order chi connectivity index (χ1) is 12.7. The fraction of sp³-hybridized carbons (Fsp3) is 0.571. The summed E-state index contributed by atoms with van der Waals surface area (Å²) in [4.78, 5) is 16.8. The molecule has 1 aliphatic heterocycles. The van der Waals surface area contributed by atoms with Crippen LogP contribution in [0.3, 0.4) is 0 Å². The van der Waals surface area contributed by atoms with Crippen molar-refractivity contribution in [2.45, 2.75) is 38.5 Å². The van der Waals surface area contributed by atoms with Gasteiger partial charge in [-0.25, -0.2) is 0 Å². The molecule has 3 rings (SSSR count). The van der Waals surface area contributed by atoms with Crippen LogP contribution in [0, 0.1) is 0 Å². The Labute approximate surface area is 162 Å². The maximum absolute atomic E-state index is 12.1. The lowest BCUT2D eigenvalue weighted by atomic mass is 9.97. The summed E-state index contributed by atoms with van der Waals surface area (Å²) in [6.45, 7) is 5.58. The van der Waals surface area contributed by atoms with E-state index in [1.807, 2.05) is 18.2 Å². The molecule has 1 amide bonds. The number of allylic oxidation sites excluding steroid dienone is 1. The van der Waals surface area contributed by atoms with Gasteiger partial charge in [-0.2, -0.15) is 0 Å². The normalized spacial score (nSPS) is 18.5. The summed E-state index contributed by atoms with van der Waals surface area (Å²) in [5.41, 5.74) is 2.71. The lowest BCUT2D eigenvalue weighted by molar-refractivity contribution is -0.121. The van der Waals surface area contributed by atoms with E-state index in [2.05, 4.69) is 27.3 Å². The topological polar surface area (TPSA) is 35.6 Å². The molecule has 1 aromatic rings. The zero-order valence-corrected chi connectivity index (χ0v) is 16.3. The van der Waals surface area contributed by atoms with Crippen LogP contribution >= 0.6 is 11.6 Å². The van der Waals surface area contributed by atoms with Gasteiger partial charge in [-0.3, -0.25) is 9.69 Å². The van der Waals surface area contributed by atoms with Gasteiger partial charge in [0.25, 0.3) is 0 Å². The fourth-order valence-electron chi connectivity index (χ4n) is 3.74. The van der Waals surface area contributed by atoms with Gasteiger partial charge in [-0.15, -0.1) is 0 Å². The van der Waals surface area contributed by atoms with Gasteiger partial charge in [0.15, 0.2) is 0 Å². The van der Waals surface area contributed by atoms with E-state index in [0.29, 0.717) is 6.42 Å². The Morgan fingerprint density at radius 1 is 1.15 bits per heavy atom. The Balaban J connectivity index is 1.30. The standard InChI is InChI=1S/C21H30ClN3O/c22-19-7-4-8-20(17-19)25-15-13-24(14-16-25)12-10-21(26)23-11-9-18-5-2-1-3-6-18/h4-5,7-8,17H,1-3,6,9-16H2,(H,23,26). The van der Waals surface area contributed by atoms with Crippen molar-refractivity contribution in [3.8, 4) is 0 Å².